The summed E-state index contributed by atoms with van der Waals surface area (Å²) in [4.78, 5) is 54.9. The SMILES string of the molecule is CO[C@@H]1CC/C=C/c2ccc3c(c2)[C@@H](CC3)OC(=O)[C@@H]2CCCN(N2)C(=O)[C@H](Cc2cccc(O)c2)NC(=O)[C@H](C(C)C)NC(=O)[C@@H]1C. The van der Waals surface area contributed by atoms with E-state index in [9.17, 15) is 24.3 Å². The average molecular weight is 661 g/mol. The van der Waals surface area contributed by atoms with Gasteiger partial charge in [-0.2, -0.15) is 0 Å². The molecule has 2 aliphatic heterocycles. The van der Waals surface area contributed by atoms with Crippen molar-refractivity contribution < 1.29 is 33.8 Å². The van der Waals surface area contributed by atoms with Crippen molar-refractivity contribution >= 4 is 29.8 Å². The Hall–Kier alpha value is -4.22. The number of nitrogens with zero attached hydrogens (tertiary/aromatic N) is 1. The number of aromatic hydroxyl groups is 1. The third-order valence-corrected chi connectivity index (χ3v) is 9.60. The topological polar surface area (TPSA) is 146 Å². The maximum Gasteiger partial charge on any atom is 0.325 e. The van der Waals surface area contributed by atoms with Crippen LogP contribution >= 0.6 is 0 Å². The number of allylic oxidation sites excluding steroid dienone is 1. The second kappa shape index (κ2) is 15.8. The Labute approximate surface area is 282 Å². The van der Waals surface area contributed by atoms with Crippen molar-refractivity contribution in [2.75, 3.05) is 13.7 Å². The van der Waals surface area contributed by atoms with E-state index in [0.29, 0.717) is 44.2 Å². The molecule has 6 atom stereocenters. The largest absolute Gasteiger partial charge is 0.508 e. The van der Waals surface area contributed by atoms with E-state index in [1.54, 1.807) is 32.2 Å². The minimum absolute atomic E-state index is 0.0358. The molecule has 0 saturated carbocycles. The molecule has 2 aromatic rings. The summed E-state index contributed by atoms with van der Waals surface area (Å²) in [5.74, 6) is -2.47. The van der Waals surface area contributed by atoms with Crippen molar-refractivity contribution in [3.63, 3.8) is 0 Å². The first-order chi connectivity index (χ1) is 23.0. The van der Waals surface area contributed by atoms with Gasteiger partial charge in [0.05, 0.1) is 12.0 Å². The Morgan fingerprint density at radius 2 is 1.83 bits per heavy atom. The molecule has 3 aliphatic rings. The summed E-state index contributed by atoms with van der Waals surface area (Å²) in [7, 11) is 1.58. The summed E-state index contributed by atoms with van der Waals surface area (Å²) < 4.78 is 11.8. The highest BCUT2D eigenvalue weighted by atomic mass is 16.5. The quantitative estimate of drug-likeness (QED) is 0.363. The number of hydrogen-bond donors (Lipinski definition) is 4. The third kappa shape index (κ3) is 8.43. The Morgan fingerprint density at radius 1 is 1.02 bits per heavy atom. The van der Waals surface area contributed by atoms with Gasteiger partial charge in [0.1, 0.15) is 30.0 Å². The molecule has 0 unspecified atom stereocenters. The van der Waals surface area contributed by atoms with Gasteiger partial charge in [-0.15, -0.1) is 0 Å². The summed E-state index contributed by atoms with van der Waals surface area (Å²) in [6.07, 6.45) is 7.22. The fraction of sp³-hybridized carbons (Fsp3) is 0.514. The Morgan fingerprint density at radius 3 is 2.58 bits per heavy atom. The molecule has 4 N–H and O–H groups in total. The summed E-state index contributed by atoms with van der Waals surface area (Å²) in [6, 6.07) is 10.0. The van der Waals surface area contributed by atoms with Gasteiger partial charge in [0.25, 0.3) is 5.91 Å². The van der Waals surface area contributed by atoms with Crippen molar-refractivity contribution in [3.8, 4) is 5.75 Å². The third-order valence-electron chi connectivity index (χ3n) is 9.60. The number of methoxy groups -OCH3 is 1. The lowest BCUT2D eigenvalue weighted by atomic mass is 9.96. The Balaban J connectivity index is 1.46. The molecule has 1 fully saturated rings. The number of rotatable bonds is 4. The van der Waals surface area contributed by atoms with Crippen molar-refractivity contribution in [2.24, 2.45) is 11.8 Å². The predicted octanol–water partition coefficient (Wildman–Crippen LogP) is 3.74. The van der Waals surface area contributed by atoms with E-state index in [1.165, 1.54) is 11.1 Å². The number of esters is 1. The van der Waals surface area contributed by atoms with Gasteiger partial charge in [0, 0.05) is 20.1 Å². The van der Waals surface area contributed by atoms with Gasteiger partial charge in [-0.3, -0.25) is 24.2 Å². The molecule has 2 aromatic carbocycles. The highest BCUT2D eigenvalue weighted by molar-refractivity contribution is 5.93. The van der Waals surface area contributed by atoms with Crippen molar-refractivity contribution in [2.45, 2.75) is 96.1 Å². The first-order valence-corrected chi connectivity index (χ1v) is 17.0. The van der Waals surface area contributed by atoms with Crippen molar-refractivity contribution in [1.29, 1.82) is 0 Å². The van der Waals surface area contributed by atoms with Crippen LogP contribution in [0, 0.1) is 11.8 Å². The van der Waals surface area contributed by atoms with E-state index in [2.05, 4.69) is 40.3 Å². The van der Waals surface area contributed by atoms with E-state index in [4.69, 9.17) is 9.47 Å². The van der Waals surface area contributed by atoms with Crippen LogP contribution in [0.5, 0.6) is 5.75 Å². The summed E-state index contributed by atoms with van der Waals surface area (Å²) in [6.45, 7) is 5.77. The molecule has 1 saturated heterocycles. The van der Waals surface area contributed by atoms with Crippen LogP contribution in [0.2, 0.25) is 0 Å². The van der Waals surface area contributed by atoms with E-state index < -0.39 is 41.8 Å². The molecule has 48 heavy (non-hydrogen) atoms. The molecule has 2 heterocycles. The zero-order valence-electron chi connectivity index (χ0n) is 28.2. The number of nitrogens with one attached hydrogen (secondary N) is 3. The van der Waals surface area contributed by atoms with Gasteiger partial charge in [-0.25, -0.2) is 5.43 Å². The van der Waals surface area contributed by atoms with Crippen LogP contribution in [-0.2, 0) is 41.5 Å². The second-order valence-corrected chi connectivity index (χ2v) is 13.4. The van der Waals surface area contributed by atoms with Crippen molar-refractivity contribution in [1.82, 2.24) is 21.1 Å². The zero-order chi connectivity index (χ0) is 34.4. The highest BCUT2D eigenvalue weighted by Crippen LogP contribution is 2.35. The van der Waals surface area contributed by atoms with Gasteiger partial charge in [0.15, 0.2) is 0 Å². The lowest BCUT2D eigenvalue weighted by Gasteiger charge is -2.36. The second-order valence-electron chi connectivity index (χ2n) is 13.4. The standard InChI is InChI=1S/C37H48N4O7/c1-22(2)33-35(44)38-30(21-25-10-7-11-27(42)19-25)36(45)41-18-8-12-29(40-41)37(46)48-32-17-16-26-15-14-24(20-28(26)32)9-5-6-13-31(47-4)23(3)34(43)39-33/h5,7,9-11,14-15,19-20,22-23,29-33,40,42H,6,8,12-13,16-18,21H2,1-4H3,(H,38,44)(H,39,43)/b9-5+/t23-,29+,30+,31-,32-,33+/m1/s1. The minimum atomic E-state index is -1.05. The van der Waals surface area contributed by atoms with Crippen LogP contribution in [0.1, 0.15) is 81.2 Å². The molecule has 3 amide bonds. The summed E-state index contributed by atoms with van der Waals surface area (Å²) in [5, 5.41) is 17.3. The fourth-order valence-corrected chi connectivity index (χ4v) is 6.76. The number of aryl methyl sites for hydroxylation is 1. The van der Waals surface area contributed by atoms with Crippen LogP contribution < -0.4 is 16.1 Å². The normalized spacial score (nSPS) is 28.1. The first-order valence-electron chi connectivity index (χ1n) is 17.0. The number of hydrazine groups is 1. The lowest BCUT2D eigenvalue weighted by Crippen LogP contribution is -2.62. The molecule has 0 spiro atoms. The van der Waals surface area contributed by atoms with Gasteiger partial charge >= 0.3 is 5.97 Å². The van der Waals surface area contributed by atoms with E-state index in [-0.39, 0.29) is 36.2 Å². The van der Waals surface area contributed by atoms with Gasteiger partial charge < -0.3 is 25.2 Å². The maximum atomic E-state index is 14.1. The van der Waals surface area contributed by atoms with E-state index >= 15 is 0 Å². The number of phenolic OH excluding ortho intramolecular Hbond substituents is 1. The zero-order valence-corrected chi connectivity index (χ0v) is 28.2. The van der Waals surface area contributed by atoms with Gasteiger partial charge in [-0.1, -0.05) is 57.2 Å². The summed E-state index contributed by atoms with van der Waals surface area (Å²) in [5.41, 5.74) is 6.85. The number of benzene rings is 2. The molecule has 0 aromatic heterocycles. The van der Waals surface area contributed by atoms with Crippen LogP contribution in [0.3, 0.4) is 0 Å². The molecule has 0 radical (unpaired) electrons. The molecular formula is C37H48N4O7. The summed E-state index contributed by atoms with van der Waals surface area (Å²) >= 11 is 0. The van der Waals surface area contributed by atoms with Gasteiger partial charge in [-0.05, 0) is 84.9 Å². The number of carbonyl (C=O) groups is 4. The number of fused-ring (bicyclic) bond motifs is 3. The Bertz CT molecular complexity index is 1520. The van der Waals surface area contributed by atoms with E-state index in [1.807, 2.05) is 19.9 Å². The molecule has 4 bridgehead atoms. The van der Waals surface area contributed by atoms with E-state index in [0.717, 1.165) is 23.1 Å². The molecule has 11 heteroatoms. The van der Waals surface area contributed by atoms with Gasteiger partial charge in [0.2, 0.25) is 11.8 Å². The molecule has 11 nitrogen and oxygen atoms in total. The number of amides is 3. The molecular weight excluding hydrogens is 612 g/mol. The highest BCUT2D eigenvalue weighted by Gasteiger charge is 2.37. The first kappa shape index (κ1) is 35.1. The maximum absolute atomic E-state index is 14.1. The number of carbonyl (C=O) groups excluding carboxylic acids is 4. The number of phenols is 1. The lowest BCUT2D eigenvalue weighted by molar-refractivity contribution is -0.157. The van der Waals surface area contributed by atoms with Crippen LogP contribution in [0.15, 0.2) is 48.5 Å². The fourth-order valence-electron chi connectivity index (χ4n) is 6.76. The average Bonchev–Trinajstić information content (AvgIpc) is 3.47. The number of hydrogen-bond acceptors (Lipinski definition) is 8. The predicted molar refractivity (Wildman–Crippen MR) is 180 cm³/mol. The monoisotopic (exact) mass is 660 g/mol. The van der Waals surface area contributed by atoms with Crippen molar-refractivity contribution in [3.05, 3.63) is 70.8 Å². The molecule has 5 rings (SSSR count). The molecule has 258 valence electrons. The number of ether oxygens (including phenoxy) is 2. The van der Waals surface area contributed by atoms with Crippen LogP contribution in [0.25, 0.3) is 6.08 Å². The smallest absolute Gasteiger partial charge is 0.325 e. The minimum Gasteiger partial charge on any atom is -0.508 e. The van der Waals surface area contributed by atoms with Crippen LogP contribution in [-0.4, -0.2) is 71.7 Å². The Kier molecular flexibility index (Phi) is 11.5. The van der Waals surface area contributed by atoms with Crippen LogP contribution in [0.4, 0.5) is 0 Å². The molecule has 1 aliphatic carbocycles.